The van der Waals surface area contributed by atoms with Gasteiger partial charge in [0, 0.05) is 12.4 Å². The number of anilines is 1. The van der Waals surface area contributed by atoms with Crippen LogP contribution in [0.25, 0.3) is 0 Å². The number of aryl methyl sites for hydroxylation is 1. The van der Waals surface area contributed by atoms with Gasteiger partial charge in [-0.2, -0.15) is 0 Å². The quantitative estimate of drug-likeness (QED) is 0.762. The van der Waals surface area contributed by atoms with Crippen LogP contribution in [0.5, 0.6) is 0 Å². The molecule has 1 N–H and O–H groups in total. The molecule has 1 atom stereocenters. The Morgan fingerprint density at radius 1 is 1.25 bits per heavy atom. The molecule has 0 saturated heterocycles. The number of pyridine rings is 1. The predicted molar refractivity (Wildman–Crippen MR) is 108 cm³/mol. The standard InChI is InChI=1S/C20H28N4O3S/c1-14(2)28(26,27)19-12-24(13-22-19)17(10-16-6-4-5-7-16)20(25)23-18-9-8-15(3)11-21-18/h8-9,11-14,16-17H,4-7,10H2,1-3H3,(H,21,23,25). The lowest BCUT2D eigenvalue weighted by Crippen LogP contribution is -2.27. The van der Waals surface area contributed by atoms with Gasteiger partial charge in [-0.05, 0) is 44.7 Å². The zero-order valence-electron chi connectivity index (χ0n) is 16.6. The molecule has 152 valence electrons. The third kappa shape index (κ3) is 4.60. The molecule has 7 nitrogen and oxygen atoms in total. The minimum Gasteiger partial charge on any atom is -0.324 e. The molecule has 0 aromatic carbocycles. The Kier molecular flexibility index (Phi) is 6.17. The summed E-state index contributed by atoms with van der Waals surface area (Å²) in [6, 6.07) is 3.14. The van der Waals surface area contributed by atoms with E-state index < -0.39 is 21.1 Å². The van der Waals surface area contributed by atoms with Crippen LogP contribution < -0.4 is 5.32 Å². The predicted octanol–water partition coefficient (Wildman–Crippen LogP) is 3.53. The van der Waals surface area contributed by atoms with Gasteiger partial charge >= 0.3 is 0 Å². The van der Waals surface area contributed by atoms with Crippen molar-refractivity contribution in [2.24, 2.45) is 5.92 Å². The van der Waals surface area contributed by atoms with Crippen molar-refractivity contribution in [1.29, 1.82) is 0 Å². The molecule has 1 aliphatic rings. The van der Waals surface area contributed by atoms with Crippen LogP contribution in [0.4, 0.5) is 5.82 Å². The molecule has 2 aromatic heterocycles. The Labute approximate surface area is 166 Å². The molecule has 1 amide bonds. The Morgan fingerprint density at radius 2 is 1.96 bits per heavy atom. The van der Waals surface area contributed by atoms with Gasteiger partial charge < -0.3 is 9.88 Å². The SMILES string of the molecule is Cc1ccc(NC(=O)C(CC2CCCC2)n2cnc(S(=O)(=O)C(C)C)c2)nc1. The van der Waals surface area contributed by atoms with Gasteiger partial charge in [0.15, 0.2) is 14.9 Å². The van der Waals surface area contributed by atoms with Crippen molar-refractivity contribution >= 4 is 21.6 Å². The topological polar surface area (TPSA) is 94.0 Å². The van der Waals surface area contributed by atoms with E-state index in [1.54, 1.807) is 30.7 Å². The zero-order valence-corrected chi connectivity index (χ0v) is 17.4. The summed E-state index contributed by atoms with van der Waals surface area (Å²) < 4.78 is 26.5. The number of hydrogen-bond acceptors (Lipinski definition) is 5. The van der Waals surface area contributed by atoms with E-state index in [9.17, 15) is 13.2 Å². The molecule has 1 saturated carbocycles. The van der Waals surface area contributed by atoms with Gasteiger partial charge in [0.1, 0.15) is 11.9 Å². The average molecular weight is 405 g/mol. The number of nitrogens with zero attached hydrogens (tertiary/aromatic N) is 3. The molecule has 28 heavy (non-hydrogen) atoms. The molecular formula is C20H28N4O3S. The van der Waals surface area contributed by atoms with Crippen molar-refractivity contribution in [3.63, 3.8) is 0 Å². The van der Waals surface area contributed by atoms with E-state index >= 15 is 0 Å². The largest absolute Gasteiger partial charge is 0.324 e. The lowest BCUT2D eigenvalue weighted by molar-refractivity contribution is -0.119. The van der Waals surface area contributed by atoms with Gasteiger partial charge in [-0.1, -0.05) is 31.7 Å². The third-order valence-electron chi connectivity index (χ3n) is 5.35. The summed E-state index contributed by atoms with van der Waals surface area (Å²) in [5, 5.41) is 2.32. The molecule has 0 aliphatic heterocycles. The second-order valence-corrected chi connectivity index (χ2v) is 10.3. The first-order valence-electron chi connectivity index (χ1n) is 9.78. The fourth-order valence-corrected chi connectivity index (χ4v) is 4.50. The van der Waals surface area contributed by atoms with E-state index in [4.69, 9.17) is 0 Å². The summed E-state index contributed by atoms with van der Waals surface area (Å²) in [7, 11) is -3.48. The van der Waals surface area contributed by atoms with Gasteiger partial charge in [-0.25, -0.2) is 18.4 Å². The summed E-state index contributed by atoms with van der Waals surface area (Å²) in [6.45, 7) is 5.18. The third-order valence-corrected chi connectivity index (χ3v) is 7.38. The summed E-state index contributed by atoms with van der Waals surface area (Å²) in [6.07, 6.45) is 9.84. The number of hydrogen-bond donors (Lipinski definition) is 1. The molecule has 2 aromatic rings. The molecular weight excluding hydrogens is 376 g/mol. The fraction of sp³-hybridized carbons (Fsp3) is 0.550. The number of carbonyl (C=O) groups is 1. The zero-order chi connectivity index (χ0) is 20.3. The van der Waals surface area contributed by atoms with Crippen molar-refractivity contribution in [1.82, 2.24) is 14.5 Å². The molecule has 1 aliphatic carbocycles. The maximum Gasteiger partial charge on any atom is 0.248 e. The number of imidazole rings is 1. The van der Waals surface area contributed by atoms with Crippen LogP contribution in [0.1, 0.15) is 57.6 Å². The van der Waals surface area contributed by atoms with Crippen LogP contribution in [0, 0.1) is 12.8 Å². The van der Waals surface area contributed by atoms with Crippen LogP contribution in [0.15, 0.2) is 35.9 Å². The summed E-state index contributed by atoms with van der Waals surface area (Å²) in [4.78, 5) is 21.4. The minimum atomic E-state index is -3.48. The minimum absolute atomic E-state index is 0.0141. The van der Waals surface area contributed by atoms with E-state index in [0.717, 1.165) is 18.4 Å². The maximum absolute atomic E-state index is 13.0. The molecule has 0 radical (unpaired) electrons. The van der Waals surface area contributed by atoms with Crippen LogP contribution in [0.3, 0.4) is 0 Å². The monoisotopic (exact) mass is 404 g/mol. The Balaban J connectivity index is 1.85. The number of nitrogens with one attached hydrogen (secondary N) is 1. The second kappa shape index (κ2) is 8.43. The van der Waals surface area contributed by atoms with Gasteiger partial charge in [0.05, 0.1) is 11.6 Å². The van der Waals surface area contributed by atoms with Crippen LogP contribution in [-0.2, 0) is 14.6 Å². The van der Waals surface area contributed by atoms with E-state index in [1.165, 1.54) is 25.4 Å². The summed E-state index contributed by atoms with van der Waals surface area (Å²) >= 11 is 0. The van der Waals surface area contributed by atoms with Crippen molar-refractivity contribution in [2.45, 2.75) is 69.2 Å². The van der Waals surface area contributed by atoms with Crippen molar-refractivity contribution in [2.75, 3.05) is 5.32 Å². The normalized spacial score (nSPS) is 16.4. The van der Waals surface area contributed by atoms with Crippen molar-refractivity contribution < 1.29 is 13.2 Å². The van der Waals surface area contributed by atoms with Gasteiger partial charge in [-0.15, -0.1) is 0 Å². The average Bonchev–Trinajstić information content (AvgIpc) is 3.33. The highest BCUT2D eigenvalue weighted by Gasteiger charge is 2.29. The second-order valence-electron chi connectivity index (χ2n) is 7.86. The summed E-state index contributed by atoms with van der Waals surface area (Å²) in [5.74, 6) is 0.741. The fourth-order valence-electron chi connectivity index (χ4n) is 3.55. The Hall–Kier alpha value is -2.22. The van der Waals surface area contributed by atoms with E-state index in [-0.39, 0.29) is 10.9 Å². The van der Waals surface area contributed by atoms with E-state index in [2.05, 4.69) is 15.3 Å². The number of aromatic nitrogens is 3. The highest BCUT2D eigenvalue weighted by atomic mass is 32.2. The lowest BCUT2D eigenvalue weighted by Gasteiger charge is -2.21. The smallest absolute Gasteiger partial charge is 0.248 e. The molecule has 1 unspecified atom stereocenters. The molecule has 3 rings (SSSR count). The van der Waals surface area contributed by atoms with Gasteiger partial charge in [0.2, 0.25) is 5.91 Å². The molecule has 0 bridgehead atoms. The molecule has 8 heteroatoms. The molecule has 0 spiro atoms. The van der Waals surface area contributed by atoms with Gasteiger partial charge in [-0.3, -0.25) is 4.79 Å². The van der Waals surface area contributed by atoms with Crippen LogP contribution in [0.2, 0.25) is 0 Å². The number of rotatable bonds is 7. The number of carbonyl (C=O) groups excluding carboxylic acids is 1. The van der Waals surface area contributed by atoms with E-state index in [0.29, 0.717) is 18.2 Å². The number of amides is 1. The maximum atomic E-state index is 13.0. The first-order chi connectivity index (χ1) is 13.3. The Morgan fingerprint density at radius 3 is 2.57 bits per heavy atom. The summed E-state index contributed by atoms with van der Waals surface area (Å²) in [5.41, 5.74) is 1.01. The molecule has 1 fully saturated rings. The molecule has 2 heterocycles. The van der Waals surface area contributed by atoms with Gasteiger partial charge in [0.25, 0.3) is 0 Å². The van der Waals surface area contributed by atoms with Crippen LogP contribution in [-0.4, -0.2) is 34.1 Å². The van der Waals surface area contributed by atoms with Crippen molar-refractivity contribution in [3.8, 4) is 0 Å². The van der Waals surface area contributed by atoms with Crippen molar-refractivity contribution in [3.05, 3.63) is 36.4 Å². The lowest BCUT2D eigenvalue weighted by atomic mass is 9.97. The highest BCUT2D eigenvalue weighted by Crippen LogP contribution is 2.33. The number of sulfone groups is 1. The van der Waals surface area contributed by atoms with E-state index in [1.807, 2.05) is 13.0 Å². The highest BCUT2D eigenvalue weighted by molar-refractivity contribution is 7.91. The first kappa shape index (κ1) is 20.5. The van der Waals surface area contributed by atoms with Crippen LogP contribution >= 0.6 is 0 Å². The Bertz CT molecular complexity index is 913. The first-order valence-corrected chi connectivity index (χ1v) is 11.3.